The van der Waals surface area contributed by atoms with Crippen molar-refractivity contribution in [2.75, 3.05) is 19.8 Å². The first-order valence-corrected chi connectivity index (χ1v) is 4.93. The third-order valence-electron chi connectivity index (χ3n) is 2.40. The molecule has 2 unspecified atom stereocenters. The molecule has 1 saturated heterocycles. The molecule has 84 valence electrons. The highest BCUT2D eigenvalue weighted by Crippen LogP contribution is 2.30. The number of ether oxygens (including phenoxy) is 1. The van der Waals surface area contributed by atoms with Gasteiger partial charge in [0.25, 0.3) is 0 Å². The molecule has 2 nitrogen and oxygen atoms in total. The van der Waals surface area contributed by atoms with Crippen LogP contribution in [0.4, 0.5) is 13.2 Å². The van der Waals surface area contributed by atoms with E-state index in [1.54, 1.807) is 0 Å². The van der Waals surface area contributed by atoms with Crippen LogP contribution in [0, 0.1) is 5.92 Å². The SMILES string of the molecule is CCCNC(C1CCOC1)C(F)(F)F. The molecule has 0 aromatic heterocycles. The minimum absolute atomic E-state index is 0.223. The number of hydrogen-bond donors (Lipinski definition) is 1. The highest BCUT2D eigenvalue weighted by atomic mass is 19.4. The number of hydrogen-bond acceptors (Lipinski definition) is 2. The molecule has 1 rings (SSSR count). The molecule has 14 heavy (non-hydrogen) atoms. The van der Waals surface area contributed by atoms with Crippen LogP contribution in [0.2, 0.25) is 0 Å². The zero-order chi connectivity index (χ0) is 10.6. The summed E-state index contributed by atoms with van der Waals surface area (Å²) < 4.78 is 42.7. The van der Waals surface area contributed by atoms with Crippen molar-refractivity contribution < 1.29 is 17.9 Å². The summed E-state index contributed by atoms with van der Waals surface area (Å²) >= 11 is 0. The number of nitrogens with one attached hydrogen (secondary N) is 1. The Morgan fingerprint density at radius 1 is 1.50 bits per heavy atom. The number of halogens is 3. The van der Waals surface area contributed by atoms with Gasteiger partial charge in [0.2, 0.25) is 0 Å². The topological polar surface area (TPSA) is 21.3 Å². The van der Waals surface area contributed by atoms with Gasteiger partial charge in [-0.3, -0.25) is 0 Å². The molecule has 0 aromatic carbocycles. The van der Waals surface area contributed by atoms with Crippen LogP contribution in [-0.4, -0.2) is 32.0 Å². The Morgan fingerprint density at radius 2 is 2.21 bits per heavy atom. The molecule has 1 N–H and O–H groups in total. The normalized spacial score (nSPS) is 25.3. The summed E-state index contributed by atoms with van der Waals surface area (Å²) in [6.07, 6.45) is -2.95. The van der Waals surface area contributed by atoms with E-state index in [9.17, 15) is 13.2 Å². The fourth-order valence-corrected chi connectivity index (χ4v) is 1.67. The molecule has 5 heteroatoms. The van der Waals surface area contributed by atoms with Crippen LogP contribution in [0.3, 0.4) is 0 Å². The van der Waals surface area contributed by atoms with Crippen molar-refractivity contribution in [1.82, 2.24) is 5.32 Å². The van der Waals surface area contributed by atoms with E-state index in [0.717, 1.165) is 0 Å². The largest absolute Gasteiger partial charge is 0.404 e. The lowest BCUT2D eigenvalue weighted by Crippen LogP contribution is -2.48. The first-order chi connectivity index (χ1) is 6.55. The predicted octanol–water partition coefficient (Wildman–Crippen LogP) is 1.95. The highest BCUT2D eigenvalue weighted by molar-refractivity contribution is 4.84. The maximum atomic E-state index is 12.6. The van der Waals surface area contributed by atoms with E-state index in [0.29, 0.717) is 26.0 Å². The van der Waals surface area contributed by atoms with Crippen molar-refractivity contribution in [3.63, 3.8) is 0 Å². The fourth-order valence-electron chi connectivity index (χ4n) is 1.67. The molecule has 1 aliphatic rings. The standard InChI is InChI=1S/C9H16F3NO/c1-2-4-13-8(9(10,11)12)7-3-5-14-6-7/h7-8,13H,2-6H2,1H3. The minimum Gasteiger partial charge on any atom is -0.381 e. The second-order valence-corrected chi connectivity index (χ2v) is 3.60. The van der Waals surface area contributed by atoms with Gasteiger partial charge in [-0.2, -0.15) is 13.2 Å². The molecule has 1 aliphatic heterocycles. The molecule has 1 heterocycles. The molecule has 0 spiro atoms. The van der Waals surface area contributed by atoms with Crippen molar-refractivity contribution in [1.29, 1.82) is 0 Å². The maximum absolute atomic E-state index is 12.6. The van der Waals surface area contributed by atoms with Crippen LogP contribution in [-0.2, 0) is 4.74 Å². The Bertz CT molecular complexity index is 166. The first kappa shape index (κ1) is 11.8. The van der Waals surface area contributed by atoms with Gasteiger partial charge in [-0.15, -0.1) is 0 Å². The first-order valence-electron chi connectivity index (χ1n) is 4.93. The molecule has 0 aliphatic carbocycles. The van der Waals surface area contributed by atoms with Gasteiger partial charge in [0.05, 0.1) is 6.61 Å². The third-order valence-corrected chi connectivity index (χ3v) is 2.40. The van der Waals surface area contributed by atoms with E-state index in [-0.39, 0.29) is 6.61 Å². The Kier molecular flexibility index (Phi) is 4.19. The van der Waals surface area contributed by atoms with Crippen LogP contribution in [0.25, 0.3) is 0 Å². The predicted molar refractivity (Wildman–Crippen MR) is 47.1 cm³/mol. The average molecular weight is 211 g/mol. The van der Waals surface area contributed by atoms with Crippen LogP contribution >= 0.6 is 0 Å². The van der Waals surface area contributed by atoms with Gasteiger partial charge in [0.15, 0.2) is 0 Å². The van der Waals surface area contributed by atoms with Gasteiger partial charge in [-0.25, -0.2) is 0 Å². The molecule has 0 saturated carbocycles. The lowest BCUT2D eigenvalue weighted by atomic mass is 9.98. The lowest BCUT2D eigenvalue weighted by Gasteiger charge is -2.25. The molecule has 0 radical (unpaired) electrons. The van der Waals surface area contributed by atoms with Crippen molar-refractivity contribution in [2.24, 2.45) is 5.92 Å². The quantitative estimate of drug-likeness (QED) is 0.767. The van der Waals surface area contributed by atoms with Crippen molar-refractivity contribution in [3.05, 3.63) is 0 Å². The van der Waals surface area contributed by atoms with Crippen LogP contribution < -0.4 is 5.32 Å². The lowest BCUT2D eigenvalue weighted by molar-refractivity contribution is -0.167. The summed E-state index contributed by atoms with van der Waals surface area (Å²) in [4.78, 5) is 0. The summed E-state index contributed by atoms with van der Waals surface area (Å²) in [6.45, 7) is 2.93. The van der Waals surface area contributed by atoms with E-state index in [2.05, 4.69) is 5.32 Å². The minimum atomic E-state index is -4.16. The maximum Gasteiger partial charge on any atom is 0.404 e. The molecule has 0 amide bonds. The summed E-state index contributed by atoms with van der Waals surface area (Å²) in [6, 6.07) is -1.40. The average Bonchev–Trinajstić information content (AvgIpc) is 2.55. The molecule has 0 bridgehead atoms. The Hall–Kier alpha value is -0.290. The summed E-state index contributed by atoms with van der Waals surface area (Å²) in [5.41, 5.74) is 0. The zero-order valence-corrected chi connectivity index (χ0v) is 8.23. The van der Waals surface area contributed by atoms with Gasteiger partial charge in [-0.05, 0) is 19.4 Å². The molecular formula is C9H16F3NO. The van der Waals surface area contributed by atoms with E-state index >= 15 is 0 Å². The van der Waals surface area contributed by atoms with Crippen molar-refractivity contribution in [3.8, 4) is 0 Å². The molecule has 1 fully saturated rings. The number of alkyl halides is 3. The smallest absolute Gasteiger partial charge is 0.381 e. The molecule has 0 aromatic rings. The van der Waals surface area contributed by atoms with Crippen LogP contribution in [0.5, 0.6) is 0 Å². The van der Waals surface area contributed by atoms with Crippen molar-refractivity contribution >= 4 is 0 Å². The summed E-state index contributed by atoms with van der Waals surface area (Å²) in [5.74, 6) is -0.415. The Balaban J connectivity index is 2.51. The summed E-state index contributed by atoms with van der Waals surface area (Å²) in [7, 11) is 0. The van der Waals surface area contributed by atoms with Crippen LogP contribution in [0.15, 0.2) is 0 Å². The van der Waals surface area contributed by atoms with Gasteiger partial charge < -0.3 is 10.1 Å². The monoisotopic (exact) mass is 211 g/mol. The van der Waals surface area contributed by atoms with Crippen LogP contribution in [0.1, 0.15) is 19.8 Å². The van der Waals surface area contributed by atoms with Gasteiger partial charge >= 0.3 is 6.18 Å². The van der Waals surface area contributed by atoms with Crippen molar-refractivity contribution in [2.45, 2.75) is 32.0 Å². The Labute approximate surface area is 81.8 Å². The molecule has 2 atom stereocenters. The number of rotatable bonds is 4. The van der Waals surface area contributed by atoms with Gasteiger partial charge in [0.1, 0.15) is 6.04 Å². The van der Waals surface area contributed by atoms with E-state index in [1.807, 2.05) is 6.92 Å². The molecular weight excluding hydrogens is 195 g/mol. The Morgan fingerprint density at radius 3 is 2.64 bits per heavy atom. The van der Waals surface area contributed by atoms with E-state index < -0.39 is 18.1 Å². The third kappa shape index (κ3) is 3.13. The highest BCUT2D eigenvalue weighted by Gasteiger charge is 2.45. The van der Waals surface area contributed by atoms with E-state index in [4.69, 9.17) is 4.74 Å². The summed E-state index contributed by atoms with van der Waals surface area (Å²) in [5, 5.41) is 2.55. The second kappa shape index (κ2) is 4.98. The second-order valence-electron chi connectivity index (χ2n) is 3.60. The fraction of sp³-hybridized carbons (Fsp3) is 1.00. The van der Waals surface area contributed by atoms with Gasteiger partial charge in [0, 0.05) is 12.5 Å². The zero-order valence-electron chi connectivity index (χ0n) is 8.23. The van der Waals surface area contributed by atoms with Gasteiger partial charge in [-0.1, -0.05) is 6.92 Å². The van der Waals surface area contributed by atoms with E-state index in [1.165, 1.54) is 0 Å².